The maximum atomic E-state index is 12.7. The Balaban J connectivity index is 1.34. The molecule has 0 spiro atoms. The van der Waals surface area contributed by atoms with Crippen molar-refractivity contribution in [2.75, 3.05) is 25.9 Å². The molecule has 12 nitrogen and oxygen atoms in total. The lowest BCUT2D eigenvalue weighted by molar-refractivity contribution is -0.274. The number of aryl methyl sites for hydroxylation is 2. The number of hydrogen-bond acceptors (Lipinski definition) is 9. The molecule has 0 aliphatic rings. The number of alkyl halides is 3. The summed E-state index contributed by atoms with van der Waals surface area (Å²) >= 11 is 1.21. The van der Waals surface area contributed by atoms with Crippen LogP contribution >= 0.6 is 11.8 Å². The molecular weight excluding hydrogens is 698 g/mol. The molecule has 4 rings (SSSR count). The molecule has 4 aromatic rings. The minimum Gasteiger partial charge on any atom is -0.444 e. The maximum absolute atomic E-state index is 12.7. The van der Waals surface area contributed by atoms with Gasteiger partial charge in [-0.15, -0.1) is 18.3 Å². The van der Waals surface area contributed by atoms with Crippen molar-refractivity contribution in [3.8, 4) is 22.8 Å². The van der Waals surface area contributed by atoms with Gasteiger partial charge in [0.1, 0.15) is 17.7 Å². The molecule has 2 amide bonds. The molecule has 0 aliphatic carbocycles. The van der Waals surface area contributed by atoms with E-state index in [4.69, 9.17) is 9.73 Å². The van der Waals surface area contributed by atoms with Crippen LogP contribution in [-0.2, 0) is 9.53 Å². The Morgan fingerprint density at radius 2 is 1.67 bits per heavy atom. The number of halogens is 3. The van der Waals surface area contributed by atoms with Gasteiger partial charge in [-0.2, -0.15) is 5.10 Å². The summed E-state index contributed by atoms with van der Waals surface area (Å²) in [4.78, 5) is 35.4. The average Bonchev–Trinajstić information content (AvgIpc) is 3.56. The number of aromatic nitrogens is 3. The molecule has 0 radical (unpaired) electrons. The van der Waals surface area contributed by atoms with Crippen molar-refractivity contribution >= 4 is 40.8 Å². The van der Waals surface area contributed by atoms with Crippen LogP contribution in [0.1, 0.15) is 43.9 Å². The van der Waals surface area contributed by atoms with E-state index in [1.807, 2.05) is 77.1 Å². The number of nitrogens with one attached hydrogen (secondary N) is 2. The van der Waals surface area contributed by atoms with Crippen LogP contribution in [0, 0.1) is 13.8 Å². The normalized spacial score (nSPS) is 12.1. The topological polar surface area (TPSA) is 135 Å². The lowest BCUT2D eigenvalue weighted by Gasteiger charge is -2.24. The van der Waals surface area contributed by atoms with E-state index in [1.54, 1.807) is 13.3 Å². The highest BCUT2D eigenvalue weighted by Gasteiger charge is 2.31. The molecular formula is C36H41F3N8O4S. The Kier molecular flexibility index (Phi) is 13.4. The van der Waals surface area contributed by atoms with Crippen LogP contribution in [0.3, 0.4) is 0 Å². The van der Waals surface area contributed by atoms with E-state index >= 15 is 0 Å². The predicted octanol–water partition coefficient (Wildman–Crippen LogP) is 7.17. The Labute approximate surface area is 304 Å². The van der Waals surface area contributed by atoms with E-state index in [0.717, 1.165) is 27.9 Å². The first-order valence-corrected chi connectivity index (χ1v) is 17.2. The summed E-state index contributed by atoms with van der Waals surface area (Å²) in [6.45, 7) is 10.2. The summed E-state index contributed by atoms with van der Waals surface area (Å²) in [5, 5.41) is 12.1. The van der Waals surface area contributed by atoms with Crippen LogP contribution in [0.5, 0.6) is 5.75 Å². The molecule has 0 fully saturated rings. The van der Waals surface area contributed by atoms with Crippen molar-refractivity contribution in [3.63, 3.8) is 0 Å². The highest BCUT2D eigenvalue weighted by Crippen LogP contribution is 2.26. The number of rotatable bonds is 12. The molecule has 0 atom stereocenters. The van der Waals surface area contributed by atoms with Gasteiger partial charge in [0, 0.05) is 25.7 Å². The van der Waals surface area contributed by atoms with Gasteiger partial charge in [0.15, 0.2) is 11.0 Å². The predicted molar refractivity (Wildman–Crippen MR) is 196 cm³/mol. The van der Waals surface area contributed by atoms with E-state index in [1.165, 1.54) is 51.9 Å². The summed E-state index contributed by atoms with van der Waals surface area (Å²) < 4.78 is 48.1. The molecule has 0 unspecified atom stereocenters. The molecule has 0 saturated heterocycles. The number of benzene rings is 3. The lowest BCUT2D eigenvalue weighted by atomic mass is 10.1. The summed E-state index contributed by atoms with van der Waals surface area (Å²) in [7, 11) is 1.66. The molecule has 16 heteroatoms. The number of carbonyl (C=O) groups is 2. The van der Waals surface area contributed by atoms with Gasteiger partial charge in [-0.05, 0) is 82.0 Å². The Morgan fingerprint density at radius 1 is 1.00 bits per heavy atom. The number of para-hydroxylation sites is 1. The summed E-state index contributed by atoms with van der Waals surface area (Å²) in [6.07, 6.45) is -1.54. The third-order valence-electron chi connectivity index (χ3n) is 7.06. The van der Waals surface area contributed by atoms with Gasteiger partial charge in [0.05, 0.1) is 23.3 Å². The van der Waals surface area contributed by atoms with Crippen LogP contribution in [0.15, 0.2) is 83.2 Å². The van der Waals surface area contributed by atoms with Gasteiger partial charge < -0.3 is 19.7 Å². The second-order valence-corrected chi connectivity index (χ2v) is 13.6. The first-order chi connectivity index (χ1) is 24.6. The van der Waals surface area contributed by atoms with Gasteiger partial charge in [0.25, 0.3) is 0 Å². The SMILES string of the molecule is Cc1cccc(C)c1N=C(N/N=C\c1ccc(-c2ncn(-c3ccc(OC(F)(F)F)cc3)n2)cc1)SCC(=O)NCCCN(C)C(=O)OC(C)(C)C. The fourth-order valence-corrected chi connectivity index (χ4v) is 5.18. The Morgan fingerprint density at radius 3 is 2.31 bits per heavy atom. The zero-order valence-electron chi connectivity index (χ0n) is 29.7. The fourth-order valence-electron chi connectivity index (χ4n) is 4.53. The molecule has 0 bridgehead atoms. The number of hydrogen-bond donors (Lipinski definition) is 2. The number of carbonyl (C=O) groups excluding carboxylic acids is 2. The lowest BCUT2D eigenvalue weighted by Crippen LogP contribution is -2.36. The van der Waals surface area contributed by atoms with E-state index < -0.39 is 18.1 Å². The van der Waals surface area contributed by atoms with Crippen LogP contribution in [0.25, 0.3) is 17.1 Å². The highest BCUT2D eigenvalue weighted by atomic mass is 32.2. The molecule has 1 aromatic heterocycles. The third kappa shape index (κ3) is 12.7. The van der Waals surface area contributed by atoms with E-state index in [9.17, 15) is 22.8 Å². The number of hydrazone groups is 1. The molecule has 0 aliphatic heterocycles. The summed E-state index contributed by atoms with van der Waals surface area (Å²) in [5.41, 5.74) is 7.11. The molecule has 1 heterocycles. The van der Waals surface area contributed by atoms with Crippen LogP contribution < -0.4 is 15.5 Å². The van der Waals surface area contributed by atoms with Gasteiger partial charge >= 0.3 is 12.5 Å². The number of thioether (sulfide) groups is 1. The van der Waals surface area contributed by atoms with E-state index in [-0.39, 0.29) is 17.4 Å². The van der Waals surface area contributed by atoms with Gasteiger partial charge in [-0.1, -0.05) is 54.2 Å². The first kappa shape index (κ1) is 39.4. The molecule has 276 valence electrons. The van der Waals surface area contributed by atoms with Crippen LogP contribution in [0.2, 0.25) is 0 Å². The zero-order valence-corrected chi connectivity index (χ0v) is 30.5. The van der Waals surface area contributed by atoms with Crippen molar-refractivity contribution in [2.45, 2.75) is 53.0 Å². The molecule has 2 N–H and O–H groups in total. The second kappa shape index (κ2) is 17.7. The summed E-state index contributed by atoms with van der Waals surface area (Å²) in [5.74, 6) is -0.00713. The van der Waals surface area contributed by atoms with Crippen molar-refractivity contribution < 1.29 is 32.2 Å². The maximum Gasteiger partial charge on any atom is 0.573 e. The minimum absolute atomic E-state index is 0.0913. The highest BCUT2D eigenvalue weighted by molar-refractivity contribution is 8.14. The Hall–Kier alpha value is -5.38. The monoisotopic (exact) mass is 738 g/mol. The molecule has 3 aromatic carbocycles. The Bertz CT molecular complexity index is 1850. The van der Waals surface area contributed by atoms with Gasteiger partial charge in [-0.3, -0.25) is 10.2 Å². The third-order valence-corrected chi connectivity index (χ3v) is 7.92. The molecule has 0 saturated carbocycles. The number of nitrogens with zero attached hydrogens (tertiary/aromatic N) is 6. The largest absolute Gasteiger partial charge is 0.573 e. The number of aliphatic imine (C=N–C) groups is 1. The van der Waals surface area contributed by atoms with Gasteiger partial charge in [0.2, 0.25) is 5.91 Å². The number of amides is 2. The van der Waals surface area contributed by atoms with Crippen molar-refractivity contribution in [2.24, 2.45) is 10.1 Å². The summed E-state index contributed by atoms with van der Waals surface area (Å²) in [6, 6.07) is 18.5. The van der Waals surface area contributed by atoms with Gasteiger partial charge in [-0.25, -0.2) is 19.5 Å². The fraction of sp³-hybridized carbons (Fsp3) is 0.333. The molecule has 52 heavy (non-hydrogen) atoms. The van der Waals surface area contributed by atoms with Crippen LogP contribution in [-0.4, -0.2) is 80.9 Å². The van der Waals surface area contributed by atoms with Crippen molar-refractivity contribution in [3.05, 3.63) is 89.7 Å². The van der Waals surface area contributed by atoms with Crippen molar-refractivity contribution in [1.29, 1.82) is 0 Å². The number of amidine groups is 1. The standard InChI is InChI=1S/C36H41F3N8O4S/c1-24-9-7-10-25(2)31(24)43-33(52-22-30(48)40-19-8-20-46(6)34(49)51-35(3,4)5)44-42-21-26-11-13-27(14-12-26)32-41-23-47(45-32)28-15-17-29(18-16-28)50-36(37,38)39/h7,9-18,21,23H,8,19-20,22H2,1-6H3,(H,40,48)(H,43,44)/b42-21-. The van der Waals surface area contributed by atoms with Crippen LogP contribution in [0.4, 0.5) is 23.7 Å². The van der Waals surface area contributed by atoms with E-state index in [2.05, 4.69) is 30.7 Å². The number of ether oxygens (including phenoxy) is 2. The van der Waals surface area contributed by atoms with Crippen molar-refractivity contribution in [1.82, 2.24) is 30.4 Å². The average molecular weight is 739 g/mol. The quantitative estimate of drug-likeness (QED) is 0.0677. The smallest absolute Gasteiger partial charge is 0.444 e. The first-order valence-electron chi connectivity index (χ1n) is 16.2. The second-order valence-electron chi connectivity index (χ2n) is 12.6. The zero-order chi connectivity index (χ0) is 37.9. The minimum atomic E-state index is -4.77. The van der Waals surface area contributed by atoms with E-state index in [0.29, 0.717) is 36.2 Å².